The summed E-state index contributed by atoms with van der Waals surface area (Å²) in [6.07, 6.45) is 1.65. The molecule has 6 nitrogen and oxygen atoms in total. The lowest BCUT2D eigenvalue weighted by Crippen LogP contribution is -2.23. The average Bonchev–Trinajstić information content (AvgIpc) is 2.76. The van der Waals surface area contributed by atoms with Gasteiger partial charge in [-0.15, -0.1) is 5.10 Å². The minimum Gasteiger partial charge on any atom is -0.366 e. The Morgan fingerprint density at radius 3 is 2.65 bits per heavy atom. The summed E-state index contributed by atoms with van der Waals surface area (Å²) >= 11 is 0. The minimum absolute atomic E-state index is 0.208. The van der Waals surface area contributed by atoms with Crippen LogP contribution < -0.4 is 11.4 Å². The van der Waals surface area contributed by atoms with Gasteiger partial charge in [0.2, 0.25) is 5.91 Å². The minimum atomic E-state index is -0.516. The SMILES string of the molecule is NC(=O)c1ccccc1Cn1nc2ccccn2c1=O. The number of hydrogen-bond donors (Lipinski definition) is 1. The van der Waals surface area contributed by atoms with Gasteiger partial charge in [-0.25, -0.2) is 9.48 Å². The third-order valence-corrected chi connectivity index (χ3v) is 3.09. The zero-order valence-electron chi connectivity index (χ0n) is 10.6. The Morgan fingerprint density at radius 2 is 1.90 bits per heavy atom. The Morgan fingerprint density at radius 1 is 1.15 bits per heavy atom. The maximum atomic E-state index is 12.2. The molecule has 6 heteroatoms. The Balaban J connectivity index is 2.08. The average molecular weight is 268 g/mol. The zero-order chi connectivity index (χ0) is 14.1. The van der Waals surface area contributed by atoms with Gasteiger partial charge in [0.25, 0.3) is 0 Å². The van der Waals surface area contributed by atoms with Gasteiger partial charge in [-0.05, 0) is 23.8 Å². The number of hydrogen-bond acceptors (Lipinski definition) is 3. The van der Waals surface area contributed by atoms with Crippen LogP contribution in [0.15, 0.2) is 53.5 Å². The molecule has 0 aliphatic rings. The molecule has 3 aromatic rings. The fraction of sp³-hybridized carbons (Fsp3) is 0.0714. The fourth-order valence-electron chi connectivity index (χ4n) is 2.13. The Hall–Kier alpha value is -2.89. The van der Waals surface area contributed by atoms with Crippen molar-refractivity contribution in [2.24, 2.45) is 5.73 Å². The molecule has 100 valence electrons. The van der Waals surface area contributed by atoms with Crippen LogP contribution in [0.1, 0.15) is 15.9 Å². The number of nitrogens with two attached hydrogens (primary N) is 1. The van der Waals surface area contributed by atoms with E-state index in [1.807, 2.05) is 6.07 Å². The van der Waals surface area contributed by atoms with E-state index in [2.05, 4.69) is 5.10 Å². The third-order valence-electron chi connectivity index (χ3n) is 3.09. The molecular formula is C14H12N4O2. The Bertz CT molecular complexity index is 848. The summed E-state index contributed by atoms with van der Waals surface area (Å²) in [6, 6.07) is 12.2. The van der Waals surface area contributed by atoms with Crippen LogP contribution in [0.5, 0.6) is 0 Å². The van der Waals surface area contributed by atoms with Crippen molar-refractivity contribution >= 4 is 11.6 Å². The first-order chi connectivity index (χ1) is 9.66. The quantitative estimate of drug-likeness (QED) is 0.756. The van der Waals surface area contributed by atoms with E-state index < -0.39 is 5.91 Å². The lowest BCUT2D eigenvalue weighted by Gasteiger charge is -2.05. The molecule has 0 radical (unpaired) electrons. The molecule has 0 fully saturated rings. The Labute approximate surface area is 114 Å². The van der Waals surface area contributed by atoms with Crippen LogP contribution in [0.2, 0.25) is 0 Å². The van der Waals surface area contributed by atoms with E-state index in [1.165, 1.54) is 9.08 Å². The number of amides is 1. The van der Waals surface area contributed by atoms with Crippen molar-refractivity contribution in [3.8, 4) is 0 Å². The number of carbonyl (C=O) groups excluding carboxylic acids is 1. The molecule has 0 aliphatic heterocycles. The van der Waals surface area contributed by atoms with E-state index in [4.69, 9.17) is 5.73 Å². The van der Waals surface area contributed by atoms with Gasteiger partial charge in [-0.1, -0.05) is 24.3 Å². The van der Waals surface area contributed by atoms with Gasteiger partial charge in [0.15, 0.2) is 5.65 Å². The van der Waals surface area contributed by atoms with Crippen molar-refractivity contribution in [2.75, 3.05) is 0 Å². The number of primary amides is 1. The highest BCUT2D eigenvalue weighted by molar-refractivity contribution is 5.94. The molecule has 0 saturated heterocycles. The fourth-order valence-corrected chi connectivity index (χ4v) is 2.13. The molecule has 0 saturated carbocycles. The second kappa shape index (κ2) is 4.65. The van der Waals surface area contributed by atoms with Crippen LogP contribution in [0, 0.1) is 0 Å². The van der Waals surface area contributed by atoms with Crippen molar-refractivity contribution < 1.29 is 4.79 Å². The third kappa shape index (κ3) is 1.97. The molecule has 1 aromatic carbocycles. The van der Waals surface area contributed by atoms with Gasteiger partial charge < -0.3 is 5.73 Å². The maximum absolute atomic E-state index is 12.2. The largest absolute Gasteiger partial charge is 0.366 e. The predicted molar refractivity (Wildman–Crippen MR) is 73.5 cm³/mol. The molecule has 2 heterocycles. The van der Waals surface area contributed by atoms with Crippen LogP contribution in [0.3, 0.4) is 0 Å². The van der Waals surface area contributed by atoms with Crippen LogP contribution in [-0.2, 0) is 6.54 Å². The van der Waals surface area contributed by atoms with Gasteiger partial charge in [0.05, 0.1) is 6.54 Å². The summed E-state index contributed by atoms with van der Waals surface area (Å²) in [7, 11) is 0. The lowest BCUT2D eigenvalue weighted by molar-refractivity contribution is 0.0999. The standard InChI is InChI=1S/C14H12N4O2/c15-13(19)11-6-2-1-5-10(11)9-18-14(20)17-8-4-3-7-12(17)16-18/h1-8H,9H2,(H2,15,19). The summed E-state index contributed by atoms with van der Waals surface area (Å²) < 4.78 is 2.77. The molecule has 2 aromatic heterocycles. The molecule has 0 bridgehead atoms. The number of benzene rings is 1. The van der Waals surface area contributed by atoms with E-state index in [0.717, 1.165) is 0 Å². The van der Waals surface area contributed by atoms with Crippen LogP contribution in [0.4, 0.5) is 0 Å². The van der Waals surface area contributed by atoms with Crippen molar-refractivity contribution in [1.82, 2.24) is 14.2 Å². The smallest absolute Gasteiger partial charge is 0.350 e. The number of fused-ring (bicyclic) bond motifs is 1. The first-order valence-corrected chi connectivity index (χ1v) is 6.09. The topological polar surface area (TPSA) is 82.4 Å². The van der Waals surface area contributed by atoms with Crippen LogP contribution in [0.25, 0.3) is 5.65 Å². The number of carbonyl (C=O) groups is 1. The number of pyridine rings is 1. The van der Waals surface area contributed by atoms with Crippen molar-refractivity contribution in [3.63, 3.8) is 0 Å². The molecule has 0 atom stereocenters. The van der Waals surface area contributed by atoms with Gasteiger partial charge >= 0.3 is 5.69 Å². The lowest BCUT2D eigenvalue weighted by atomic mass is 10.1. The highest BCUT2D eigenvalue weighted by Gasteiger charge is 2.11. The monoisotopic (exact) mass is 268 g/mol. The number of rotatable bonds is 3. The number of aromatic nitrogens is 3. The van der Waals surface area contributed by atoms with Crippen LogP contribution in [-0.4, -0.2) is 20.1 Å². The second-order valence-corrected chi connectivity index (χ2v) is 4.39. The van der Waals surface area contributed by atoms with Gasteiger partial charge in [-0.3, -0.25) is 9.20 Å². The first-order valence-electron chi connectivity index (χ1n) is 6.09. The summed E-state index contributed by atoms with van der Waals surface area (Å²) in [4.78, 5) is 23.5. The van der Waals surface area contributed by atoms with E-state index in [0.29, 0.717) is 16.8 Å². The summed E-state index contributed by atoms with van der Waals surface area (Å²) in [6.45, 7) is 0.208. The highest BCUT2D eigenvalue weighted by Crippen LogP contribution is 2.09. The number of nitrogens with zero attached hydrogens (tertiary/aromatic N) is 3. The van der Waals surface area contributed by atoms with E-state index >= 15 is 0 Å². The molecule has 2 N–H and O–H groups in total. The van der Waals surface area contributed by atoms with Crippen molar-refractivity contribution in [1.29, 1.82) is 0 Å². The first kappa shape index (κ1) is 12.2. The molecule has 20 heavy (non-hydrogen) atoms. The second-order valence-electron chi connectivity index (χ2n) is 4.39. The molecule has 0 aliphatic carbocycles. The maximum Gasteiger partial charge on any atom is 0.350 e. The summed E-state index contributed by atoms with van der Waals surface area (Å²) in [5.74, 6) is -0.516. The van der Waals surface area contributed by atoms with Gasteiger partial charge in [0.1, 0.15) is 0 Å². The summed E-state index contributed by atoms with van der Waals surface area (Å²) in [5, 5.41) is 4.22. The van der Waals surface area contributed by atoms with E-state index in [1.54, 1.807) is 42.6 Å². The van der Waals surface area contributed by atoms with Crippen LogP contribution >= 0.6 is 0 Å². The Kier molecular flexibility index (Phi) is 2.83. The molecule has 0 spiro atoms. The van der Waals surface area contributed by atoms with E-state index in [-0.39, 0.29) is 12.2 Å². The van der Waals surface area contributed by atoms with Gasteiger partial charge in [-0.2, -0.15) is 0 Å². The van der Waals surface area contributed by atoms with E-state index in [9.17, 15) is 9.59 Å². The summed E-state index contributed by atoms with van der Waals surface area (Å²) in [5.41, 5.74) is 6.71. The van der Waals surface area contributed by atoms with Gasteiger partial charge in [0, 0.05) is 11.8 Å². The molecule has 3 rings (SSSR count). The molecular weight excluding hydrogens is 256 g/mol. The highest BCUT2D eigenvalue weighted by atomic mass is 16.2. The van der Waals surface area contributed by atoms with Crippen molar-refractivity contribution in [3.05, 3.63) is 70.3 Å². The predicted octanol–water partition coefficient (Wildman–Crippen LogP) is 0.643. The normalized spacial score (nSPS) is 10.8. The zero-order valence-corrected chi connectivity index (χ0v) is 10.6. The molecule has 1 amide bonds. The van der Waals surface area contributed by atoms with Crippen molar-refractivity contribution in [2.45, 2.75) is 6.54 Å². The molecule has 0 unspecified atom stereocenters.